The van der Waals surface area contributed by atoms with E-state index in [1.165, 1.54) is 16.7 Å². The lowest BCUT2D eigenvalue weighted by atomic mass is 9.92. The fraction of sp³-hybridized carbons (Fsp3) is 0.294. The molecule has 1 unspecified atom stereocenters. The zero-order valence-corrected chi connectivity index (χ0v) is 12.8. The predicted octanol–water partition coefficient (Wildman–Crippen LogP) is 5.52. The summed E-state index contributed by atoms with van der Waals surface area (Å²) >= 11 is 12.4. The Balaban J connectivity index is 2.24. The summed E-state index contributed by atoms with van der Waals surface area (Å²) in [6.07, 6.45) is 0.925. The maximum Gasteiger partial charge on any atom is 0.0441 e. The average Bonchev–Trinajstić information content (AvgIpc) is 2.41. The molecule has 0 amide bonds. The second-order valence-corrected chi connectivity index (χ2v) is 5.71. The van der Waals surface area contributed by atoms with Crippen LogP contribution in [0, 0.1) is 13.8 Å². The molecule has 0 aliphatic carbocycles. The molecule has 0 aliphatic rings. The first kappa shape index (κ1) is 14.4. The number of aryl methyl sites for hydroxylation is 2. The molecule has 19 heavy (non-hydrogen) atoms. The Bertz CT molecular complexity index is 561. The third kappa shape index (κ3) is 3.52. The maximum absolute atomic E-state index is 6.26. The largest absolute Gasteiger partial charge is 0.126 e. The monoisotopic (exact) mass is 292 g/mol. The molecule has 1 atom stereocenters. The molecule has 2 heteroatoms. The van der Waals surface area contributed by atoms with Crippen molar-refractivity contribution < 1.29 is 0 Å². The van der Waals surface area contributed by atoms with E-state index in [0.29, 0.717) is 5.88 Å². The molecule has 0 nitrogen and oxygen atoms in total. The fourth-order valence-electron chi connectivity index (χ4n) is 2.27. The summed E-state index contributed by atoms with van der Waals surface area (Å²) in [5.41, 5.74) is 5.10. The van der Waals surface area contributed by atoms with Gasteiger partial charge in [-0.3, -0.25) is 0 Å². The van der Waals surface area contributed by atoms with Gasteiger partial charge in [-0.05, 0) is 48.6 Å². The molecule has 0 aromatic heterocycles. The lowest BCUT2D eigenvalue weighted by Gasteiger charge is -2.16. The van der Waals surface area contributed by atoms with Crippen molar-refractivity contribution in [2.75, 3.05) is 5.88 Å². The van der Waals surface area contributed by atoms with E-state index in [4.69, 9.17) is 23.2 Å². The third-order valence-electron chi connectivity index (χ3n) is 3.58. The molecule has 0 aliphatic heterocycles. The Morgan fingerprint density at radius 2 is 1.74 bits per heavy atom. The van der Waals surface area contributed by atoms with E-state index in [1.54, 1.807) is 0 Å². The summed E-state index contributed by atoms with van der Waals surface area (Å²) < 4.78 is 0. The van der Waals surface area contributed by atoms with Crippen molar-refractivity contribution in [1.82, 2.24) is 0 Å². The predicted molar refractivity (Wildman–Crippen MR) is 84.5 cm³/mol. The minimum absolute atomic E-state index is 0.262. The number of alkyl halides is 1. The molecule has 0 saturated heterocycles. The summed E-state index contributed by atoms with van der Waals surface area (Å²) in [6.45, 7) is 4.27. The molecule has 0 bridgehead atoms. The van der Waals surface area contributed by atoms with E-state index in [0.717, 1.165) is 17.0 Å². The molecular weight excluding hydrogens is 275 g/mol. The second-order valence-electron chi connectivity index (χ2n) is 5.00. The quantitative estimate of drug-likeness (QED) is 0.651. The Labute approximate surface area is 125 Å². The first-order valence-corrected chi connectivity index (χ1v) is 7.39. The van der Waals surface area contributed by atoms with E-state index >= 15 is 0 Å². The number of rotatable bonds is 4. The zero-order valence-electron chi connectivity index (χ0n) is 11.3. The summed E-state index contributed by atoms with van der Waals surface area (Å²) in [5.74, 6) is 0.842. The average molecular weight is 293 g/mol. The lowest BCUT2D eigenvalue weighted by molar-refractivity contribution is 0.765. The first-order valence-electron chi connectivity index (χ1n) is 6.48. The molecule has 0 saturated carbocycles. The van der Waals surface area contributed by atoms with Gasteiger partial charge in [0.15, 0.2) is 0 Å². The van der Waals surface area contributed by atoms with Crippen LogP contribution >= 0.6 is 23.2 Å². The van der Waals surface area contributed by atoms with E-state index < -0.39 is 0 Å². The standard InChI is InChI=1S/C17H18Cl2/c1-12-7-8-14(9-13(12)2)10-15(11-18)16-5-3-4-6-17(16)19/h3-9,15H,10-11H2,1-2H3. The van der Waals surface area contributed by atoms with Crippen molar-refractivity contribution in [2.24, 2.45) is 0 Å². The Morgan fingerprint density at radius 3 is 2.37 bits per heavy atom. The van der Waals surface area contributed by atoms with Crippen molar-refractivity contribution in [1.29, 1.82) is 0 Å². The van der Waals surface area contributed by atoms with Crippen molar-refractivity contribution >= 4 is 23.2 Å². The van der Waals surface area contributed by atoms with E-state index in [9.17, 15) is 0 Å². The van der Waals surface area contributed by atoms with E-state index in [-0.39, 0.29) is 5.92 Å². The van der Waals surface area contributed by atoms with Crippen molar-refractivity contribution in [2.45, 2.75) is 26.2 Å². The van der Waals surface area contributed by atoms with Gasteiger partial charge in [0.1, 0.15) is 0 Å². The van der Waals surface area contributed by atoms with Crippen LogP contribution in [0.4, 0.5) is 0 Å². The molecule has 0 radical (unpaired) electrons. The Morgan fingerprint density at radius 1 is 1.00 bits per heavy atom. The lowest BCUT2D eigenvalue weighted by Crippen LogP contribution is -2.05. The van der Waals surface area contributed by atoms with Gasteiger partial charge in [-0.2, -0.15) is 0 Å². The van der Waals surface area contributed by atoms with Crippen LogP contribution in [0.5, 0.6) is 0 Å². The van der Waals surface area contributed by atoms with Crippen molar-refractivity contribution in [3.05, 3.63) is 69.7 Å². The zero-order chi connectivity index (χ0) is 13.8. The van der Waals surface area contributed by atoms with Gasteiger partial charge >= 0.3 is 0 Å². The van der Waals surface area contributed by atoms with Gasteiger partial charge in [-0.25, -0.2) is 0 Å². The number of benzene rings is 2. The molecule has 2 rings (SSSR count). The molecule has 0 spiro atoms. The van der Waals surface area contributed by atoms with Crippen LogP contribution < -0.4 is 0 Å². The van der Waals surface area contributed by atoms with Crippen LogP contribution in [0.1, 0.15) is 28.2 Å². The highest BCUT2D eigenvalue weighted by atomic mass is 35.5. The van der Waals surface area contributed by atoms with E-state index in [2.05, 4.69) is 38.1 Å². The second kappa shape index (κ2) is 6.45. The van der Waals surface area contributed by atoms with Gasteiger partial charge < -0.3 is 0 Å². The molecular formula is C17H18Cl2. The smallest absolute Gasteiger partial charge is 0.0441 e. The van der Waals surface area contributed by atoms with Gasteiger partial charge in [0.25, 0.3) is 0 Å². The number of halogens is 2. The molecule has 100 valence electrons. The van der Waals surface area contributed by atoms with Crippen LogP contribution in [-0.4, -0.2) is 5.88 Å². The molecule has 0 heterocycles. The van der Waals surface area contributed by atoms with E-state index in [1.807, 2.05) is 18.2 Å². The highest BCUT2D eigenvalue weighted by Crippen LogP contribution is 2.29. The number of hydrogen-bond donors (Lipinski definition) is 0. The molecule has 2 aromatic carbocycles. The van der Waals surface area contributed by atoms with Crippen molar-refractivity contribution in [3.8, 4) is 0 Å². The first-order chi connectivity index (χ1) is 9.11. The summed E-state index contributed by atoms with van der Waals surface area (Å²) in [7, 11) is 0. The van der Waals surface area contributed by atoms with Gasteiger partial charge in [0.2, 0.25) is 0 Å². The van der Waals surface area contributed by atoms with Gasteiger partial charge in [-0.1, -0.05) is 48.0 Å². The van der Waals surface area contributed by atoms with Gasteiger partial charge in [0.05, 0.1) is 0 Å². The van der Waals surface area contributed by atoms with Crippen LogP contribution in [-0.2, 0) is 6.42 Å². The van der Waals surface area contributed by atoms with Gasteiger partial charge in [0, 0.05) is 16.8 Å². The molecule has 0 fully saturated rings. The van der Waals surface area contributed by atoms with Crippen molar-refractivity contribution in [3.63, 3.8) is 0 Å². The normalized spacial score (nSPS) is 12.4. The molecule has 0 N–H and O–H groups in total. The highest BCUT2D eigenvalue weighted by Gasteiger charge is 2.14. The maximum atomic E-state index is 6.26. The number of hydrogen-bond acceptors (Lipinski definition) is 0. The third-order valence-corrected chi connectivity index (χ3v) is 4.30. The summed E-state index contributed by atoms with van der Waals surface area (Å²) in [5, 5.41) is 0.803. The minimum Gasteiger partial charge on any atom is -0.126 e. The SMILES string of the molecule is Cc1ccc(CC(CCl)c2ccccc2Cl)cc1C. The molecule has 2 aromatic rings. The Hall–Kier alpha value is -0.980. The summed E-state index contributed by atoms with van der Waals surface area (Å²) in [4.78, 5) is 0. The topological polar surface area (TPSA) is 0 Å². The van der Waals surface area contributed by atoms with Crippen LogP contribution in [0.2, 0.25) is 5.02 Å². The highest BCUT2D eigenvalue weighted by molar-refractivity contribution is 6.31. The van der Waals surface area contributed by atoms with Crippen LogP contribution in [0.15, 0.2) is 42.5 Å². The fourth-order valence-corrected chi connectivity index (χ4v) is 2.83. The van der Waals surface area contributed by atoms with Gasteiger partial charge in [-0.15, -0.1) is 11.6 Å². The minimum atomic E-state index is 0.262. The Kier molecular flexibility index (Phi) is 4.90. The van der Waals surface area contributed by atoms with Crippen LogP contribution in [0.25, 0.3) is 0 Å². The van der Waals surface area contributed by atoms with Crippen LogP contribution in [0.3, 0.4) is 0 Å². The summed E-state index contributed by atoms with van der Waals surface area (Å²) in [6, 6.07) is 14.6.